The Labute approximate surface area is 149 Å². The molecule has 0 aliphatic carbocycles. The standard InChI is InChI=1S/C18H29N3O4/c1-4-9-20(18(23)19(2)3)14-17(22)21(12-15-7-5-10-24-15)13-16-8-6-11-25-16/h5,7,10,16H,4,6,8-9,11-14H2,1-3H3/t16-/m0/s1. The highest BCUT2D eigenvalue weighted by Gasteiger charge is 2.26. The molecular weight excluding hydrogens is 322 g/mol. The van der Waals surface area contributed by atoms with Gasteiger partial charge in [0.15, 0.2) is 0 Å². The molecule has 0 aromatic carbocycles. The lowest BCUT2D eigenvalue weighted by atomic mass is 10.2. The summed E-state index contributed by atoms with van der Waals surface area (Å²) in [4.78, 5) is 30.0. The van der Waals surface area contributed by atoms with Crippen molar-refractivity contribution in [2.45, 2.75) is 38.8 Å². The van der Waals surface area contributed by atoms with Crippen LogP contribution in [-0.4, -0.2) is 73.1 Å². The molecule has 0 N–H and O–H groups in total. The van der Waals surface area contributed by atoms with Gasteiger partial charge in [0.1, 0.15) is 12.3 Å². The van der Waals surface area contributed by atoms with Crippen LogP contribution in [-0.2, 0) is 16.1 Å². The van der Waals surface area contributed by atoms with Gasteiger partial charge in [-0.1, -0.05) is 6.92 Å². The Hall–Kier alpha value is -2.02. The maximum atomic E-state index is 12.9. The molecule has 0 unspecified atom stereocenters. The van der Waals surface area contributed by atoms with E-state index in [2.05, 4.69) is 0 Å². The fourth-order valence-corrected chi connectivity index (χ4v) is 2.94. The molecule has 25 heavy (non-hydrogen) atoms. The Morgan fingerprint density at radius 2 is 2.08 bits per heavy atom. The van der Waals surface area contributed by atoms with Crippen LogP contribution >= 0.6 is 0 Å². The summed E-state index contributed by atoms with van der Waals surface area (Å²) in [6.07, 6.45) is 4.44. The van der Waals surface area contributed by atoms with Crippen molar-refractivity contribution >= 4 is 11.9 Å². The van der Waals surface area contributed by atoms with Crippen molar-refractivity contribution in [3.8, 4) is 0 Å². The molecule has 1 aliphatic rings. The number of amides is 3. The second kappa shape index (κ2) is 9.46. The SMILES string of the molecule is CCCN(CC(=O)N(Cc1ccco1)C[C@@H]1CCCO1)C(=O)N(C)C. The summed E-state index contributed by atoms with van der Waals surface area (Å²) >= 11 is 0. The summed E-state index contributed by atoms with van der Waals surface area (Å²) in [6.45, 7) is 4.27. The van der Waals surface area contributed by atoms with E-state index in [0.29, 0.717) is 19.6 Å². The number of carbonyl (C=O) groups is 2. The lowest BCUT2D eigenvalue weighted by Gasteiger charge is -2.30. The van der Waals surface area contributed by atoms with Crippen LogP contribution < -0.4 is 0 Å². The fourth-order valence-electron chi connectivity index (χ4n) is 2.94. The van der Waals surface area contributed by atoms with Crippen molar-refractivity contribution in [2.24, 2.45) is 0 Å². The Morgan fingerprint density at radius 1 is 1.28 bits per heavy atom. The molecule has 1 aromatic rings. The second-order valence-electron chi connectivity index (χ2n) is 6.59. The van der Waals surface area contributed by atoms with Crippen LogP contribution in [0.5, 0.6) is 0 Å². The van der Waals surface area contributed by atoms with E-state index in [4.69, 9.17) is 9.15 Å². The molecule has 7 heteroatoms. The van der Waals surface area contributed by atoms with Gasteiger partial charge in [0, 0.05) is 33.8 Å². The molecule has 0 spiro atoms. The number of hydrogen-bond donors (Lipinski definition) is 0. The van der Waals surface area contributed by atoms with E-state index in [1.807, 2.05) is 19.1 Å². The zero-order valence-electron chi connectivity index (χ0n) is 15.4. The number of furan rings is 1. The lowest BCUT2D eigenvalue weighted by Crippen LogP contribution is -2.47. The Bertz CT molecular complexity index is 539. The fraction of sp³-hybridized carbons (Fsp3) is 0.667. The van der Waals surface area contributed by atoms with E-state index < -0.39 is 0 Å². The zero-order chi connectivity index (χ0) is 18.2. The molecular formula is C18H29N3O4. The molecule has 0 saturated carbocycles. The van der Waals surface area contributed by atoms with E-state index in [1.165, 1.54) is 4.90 Å². The monoisotopic (exact) mass is 351 g/mol. The number of carbonyl (C=O) groups excluding carboxylic acids is 2. The van der Waals surface area contributed by atoms with Crippen LogP contribution in [0.25, 0.3) is 0 Å². The number of ether oxygens (including phenoxy) is 1. The van der Waals surface area contributed by atoms with Gasteiger partial charge >= 0.3 is 6.03 Å². The Kier molecular flexibility index (Phi) is 7.31. The van der Waals surface area contributed by atoms with Crippen molar-refractivity contribution < 1.29 is 18.7 Å². The van der Waals surface area contributed by atoms with Crippen LogP contribution in [0, 0.1) is 0 Å². The van der Waals surface area contributed by atoms with Crippen LogP contribution in [0.15, 0.2) is 22.8 Å². The van der Waals surface area contributed by atoms with Crippen molar-refractivity contribution in [3.63, 3.8) is 0 Å². The van der Waals surface area contributed by atoms with Gasteiger partial charge in [-0.15, -0.1) is 0 Å². The molecule has 0 radical (unpaired) electrons. The normalized spacial score (nSPS) is 16.7. The van der Waals surface area contributed by atoms with E-state index in [1.54, 1.807) is 30.2 Å². The average molecular weight is 351 g/mol. The highest BCUT2D eigenvalue weighted by atomic mass is 16.5. The smallest absolute Gasteiger partial charge is 0.319 e. The second-order valence-corrected chi connectivity index (χ2v) is 6.59. The zero-order valence-corrected chi connectivity index (χ0v) is 15.4. The molecule has 1 saturated heterocycles. The largest absolute Gasteiger partial charge is 0.467 e. The van der Waals surface area contributed by atoms with Gasteiger partial charge < -0.3 is 23.9 Å². The first-order valence-electron chi connectivity index (χ1n) is 8.89. The summed E-state index contributed by atoms with van der Waals surface area (Å²) < 4.78 is 11.1. The van der Waals surface area contributed by atoms with E-state index >= 15 is 0 Å². The first kappa shape index (κ1) is 19.3. The van der Waals surface area contributed by atoms with E-state index in [-0.39, 0.29) is 24.6 Å². The predicted octanol–water partition coefficient (Wildman–Crippen LogP) is 2.18. The van der Waals surface area contributed by atoms with Crippen molar-refractivity contribution in [2.75, 3.05) is 40.3 Å². The average Bonchev–Trinajstić information content (AvgIpc) is 3.26. The topological polar surface area (TPSA) is 66.2 Å². The minimum atomic E-state index is -0.148. The first-order valence-corrected chi connectivity index (χ1v) is 8.89. The maximum absolute atomic E-state index is 12.9. The van der Waals surface area contributed by atoms with Crippen LogP contribution in [0.2, 0.25) is 0 Å². The Balaban J connectivity index is 2.04. The summed E-state index contributed by atoms with van der Waals surface area (Å²) in [5.41, 5.74) is 0. The van der Waals surface area contributed by atoms with Crippen molar-refractivity contribution in [1.82, 2.24) is 14.7 Å². The summed E-state index contributed by atoms with van der Waals surface area (Å²) in [5.74, 6) is 0.642. The van der Waals surface area contributed by atoms with Crippen LogP contribution in [0.4, 0.5) is 4.79 Å². The van der Waals surface area contributed by atoms with Crippen molar-refractivity contribution in [1.29, 1.82) is 0 Å². The van der Waals surface area contributed by atoms with Gasteiger partial charge in [0.05, 0.1) is 18.9 Å². The third kappa shape index (κ3) is 5.77. The summed E-state index contributed by atoms with van der Waals surface area (Å²) in [7, 11) is 3.39. The third-order valence-electron chi connectivity index (χ3n) is 4.20. The lowest BCUT2D eigenvalue weighted by molar-refractivity contribution is -0.134. The Morgan fingerprint density at radius 3 is 2.64 bits per heavy atom. The highest BCUT2D eigenvalue weighted by Crippen LogP contribution is 2.16. The number of nitrogens with zero attached hydrogens (tertiary/aromatic N) is 3. The van der Waals surface area contributed by atoms with Gasteiger partial charge in [-0.3, -0.25) is 4.79 Å². The first-order chi connectivity index (χ1) is 12.0. The summed E-state index contributed by atoms with van der Waals surface area (Å²) in [5, 5.41) is 0. The number of hydrogen-bond acceptors (Lipinski definition) is 4. The molecule has 1 aromatic heterocycles. The number of urea groups is 1. The maximum Gasteiger partial charge on any atom is 0.319 e. The molecule has 1 fully saturated rings. The molecule has 2 heterocycles. The molecule has 1 atom stereocenters. The van der Waals surface area contributed by atoms with E-state index in [9.17, 15) is 9.59 Å². The molecule has 7 nitrogen and oxygen atoms in total. The van der Waals surface area contributed by atoms with E-state index in [0.717, 1.165) is 31.6 Å². The van der Waals surface area contributed by atoms with Gasteiger partial charge in [0.2, 0.25) is 5.91 Å². The number of rotatable bonds is 8. The quantitative estimate of drug-likeness (QED) is 0.720. The van der Waals surface area contributed by atoms with Gasteiger partial charge in [-0.25, -0.2) is 4.79 Å². The molecule has 140 valence electrons. The predicted molar refractivity (Wildman–Crippen MR) is 94.0 cm³/mol. The van der Waals surface area contributed by atoms with Crippen LogP contribution in [0.3, 0.4) is 0 Å². The highest BCUT2D eigenvalue weighted by molar-refractivity contribution is 5.84. The minimum Gasteiger partial charge on any atom is -0.467 e. The van der Waals surface area contributed by atoms with Crippen LogP contribution in [0.1, 0.15) is 31.9 Å². The third-order valence-corrected chi connectivity index (χ3v) is 4.20. The van der Waals surface area contributed by atoms with Crippen molar-refractivity contribution in [3.05, 3.63) is 24.2 Å². The molecule has 0 bridgehead atoms. The van der Waals surface area contributed by atoms with Gasteiger partial charge in [-0.2, -0.15) is 0 Å². The molecule has 3 amide bonds. The summed E-state index contributed by atoms with van der Waals surface area (Å²) in [6, 6.07) is 3.51. The molecule has 1 aliphatic heterocycles. The minimum absolute atomic E-state index is 0.0584. The van der Waals surface area contributed by atoms with Gasteiger partial charge in [-0.05, 0) is 31.4 Å². The van der Waals surface area contributed by atoms with Gasteiger partial charge in [0.25, 0.3) is 0 Å². The molecule has 2 rings (SSSR count).